The second-order valence-corrected chi connectivity index (χ2v) is 23.2. The Morgan fingerprint density at radius 1 is 0.772 bits per heavy atom. The number of aliphatic imine (C=N–C) groups is 1. The van der Waals surface area contributed by atoms with Gasteiger partial charge in [-0.25, -0.2) is 0 Å². The van der Waals surface area contributed by atoms with E-state index in [4.69, 9.17) is 27.7 Å². The molecule has 0 bridgehead atoms. The average molecular weight is 1140 g/mol. The minimum absolute atomic E-state index is 0.0131. The highest BCUT2D eigenvalue weighted by Gasteiger charge is 2.42. The molecule has 10 amide bonds. The van der Waals surface area contributed by atoms with Gasteiger partial charge in [0, 0.05) is 42.9 Å². The lowest BCUT2D eigenvalue weighted by Crippen LogP contribution is -2.61. The van der Waals surface area contributed by atoms with Crippen LogP contribution >= 0.6 is 21.6 Å². The third-order valence-corrected chi connectivity index (χ3v) is 17.0. The Kier molecular flexibility index (Phi) is 24.5. The summed E-state index contributed by atoms with van der Waals surface area (Å²) in [5, 5.41) is 19.0. The van der Waals surface area contributed by atoms with Crippen LogP contribution in [0.2, 0.25) is 0 Å². The molecule has 7 atom stereocenters. The van der Waals surface area contributed by atoms with Crippen molar-refractivity contribution in [1.82, 2.24) is 42.1 Å². The van der Waals surface area contributed by atoms with Gasteiger partial charge in [0.1, 0.15) is 48.0 Å². The standard InChI is InChI=1S/C53H77N13O11S2/c1-4-77-34-19-17-33(18-20-34)26-36-46(71)62-37(25-32-13-7-5-8-14-32)48(73)65-44(31(2)3)50(75)63-38(27-41(54)67)47(72)64-39(30-78-79-53(28-43(69)60-36)21-9-6-10-22-53)51(76)66-24-12-16-40(66)49(74)61-35(15-11-23-58-52(56)57)45(70)59-29-42(55)68/h5,7-8,13-14,17-20,31,35-40,44H,4,6,9-12,15-16,21-30H2,1-3H3,(H2,54,67)(H2,55,68)(H,59,70)(H,60,69)(H,61,74)(H,62,71)(H,63,75)(H,64,72)(H,65,73)(H4,56,57,58)/t35?,36-,37+,38-,39+,40-,44-/m0/s1. The maximum absolute atomic E-state index is 15.0. The number of hydrogen-bond acceptors (Lipinski definition) is 14. The molecule has 2 aliphatic heterocycles. The molecule has 0 radical (unpaired) electrons. The lowest BCUT2D eigenvalue weighted by Gasteiger charge is -2.37. The van der Waals surface area contributed by atoms with Crippen LogP contribution in [0.3, 0.4) is 0 Å². The van der Waals surface area contributed by atoms with Crippen LogP contribution in [0.1, 0.15) is 103 Å². The Morgan fingerprint density at radius 3 is 2.04 bits per heavy atom. The molecule has 2 aromatic carbocycles. The fourth-order valence-corrected chi connectivity index (χ4v) is 13.0. The number of carbonyl (C=O) groups excluding carboxylic acids is 10. The molecule has 3 aliphatic rings. The molecule has 2 saturated heterocycles. The second-order valence-electron chi connectivity index (χ2n) is 20.3. The van der Waals surface area contributed by atoms with Crippen LogP contribution in [0, 0.1) is 5.92 Å². The summed E-state index contributed by atoms with van der Waals surface area (Å²) < 4.78 is 4.92. The van der Waals surface area contributed by atoms with Gasteiger partial charge in [0.2, 0.25) is 59.1 Å². The molecule has 0 aromatic heterocycles. The molecule has 3 fully saturated rings. The molecule has 5 rings (SSSR count). The first-order valence-electron chi connectivity index (χ1n) is 26.7. The Labute approximate surface area is 468 Å². The normalized spacial score (nSPS) is 22.9. The monoisotopic (exact) mass is 1140 g/mol. The lowest BCUT2D eigenvalue weighted by molar-refractivity contribution is -0.142. The number of hydrogen-bond donors (Lipinski definition) is 11. The number of primary amides is 2. The smallest absolute Gasteiger partial charge is 0.246 e. The van der Waals surface area contributed by atoms with E-state index in [1.807, 2.05) is 6.92 Å². The van der Waals surface area contributed by atoms with Crippen LogP contribution in [0.25, 0.3) is 0 Å². The highest BCUT2D eigenvalue weighted by Crippen LogP contribution is 2.48. The van der Waals surface area contributed by atoms with Crippen LogP contribution in [-0.2, 0) is 60.8 Å². The number of nitrogens with two attached hydrogens (primary N) is 4. The Balaban J connectivity index is 1.52. The molecular weight excluding hydrogens is 1060 g/mol. The summed E-state index contributed by atoms with van der Waals surface area (Å²) in [6, 6.07) is 6.83. The Bertz CT molecular complexity index is 2490. The zero-order valence-corrected chi connectivity index (χ0v) is 46.7. The number of guanidine groups is 1. The summed E-state index contributed by atoms with van der Waals surface area (Å²) in [6.07, 6.45) is 3.75. The molecule has 79 heavy (non-hydrogen) atoms. The van der Waals surface area contributed by atoms with Crippen molar-refractivity contribution in [1.29, 1.82) is 0 Å². The van der Waals surface area contributed by atoms with E-state index in [-0.39, 0.29) is 63.3 Å². The van der Waals surface area contributed by atoms with Crippen molar-refractivity contribution in [3.8, 4) is 5.75 Å². The number of benzene rings is 2. The van der Waals surface area contributed by atoms with E-state index in [2.05, 4.69) is 42.2 Å². The van der Waals surface area contributed by atoms with Gasteiger partial charge in [-0.15, -0.1) is 0 Å². The number of likely N-dealkylation sites (tertiary alicyclic amines) is 1. The number of amides is 10. The van der Waals surface area contributed by atoms with Gasteiger partial charge in [0.15, 0.2) is 5.96 Å². The molecule has 2 heterocycles. The maximum Gasteiger partial charge on any atom is 0.246 e. The van der Waals surface area contributed by atoms with E-state index >= 15 is 0 Å². The van der Waals surface area contributed by atoms with Crippen molar-refractivity contribution >= 4 is 86.6 Å². The molecule has 1 spiro atoms. The van der Waals surface area contributed by atoms with Gasteiger partial charge < -0.3 is 69.8 Å². The van der Waals surface area contributed by atoms with E-state index in [1.54, 1.807) is 68.4 Å². The number of nitrogens with zero attached hydrogens (tertiary/aromatic N) is 2. The number of ether oxygens (including phenoxy) is 1. The van der Waals surface area contributed by atoms with Gasteiger partial charge in [-0.2, -0.15) is 0 Å². The maximum atomic E-state index is 15.0. The summed E-state index contributed by atoms with van der Waals surface area (Å²) in [4.78, 5) is 144. The SMILES string of the molecule is CCOc1ccc(C[C@@H]2NC(=O)CC3(CCCCC3)SSC[C@H](C(=O)N3CCC[C@H]3C(=O)NC(CCCN=C(N)N)C(=O)NCC(N)=O)NC(=O)[C@H](CC(N)=O)NC(=O)[C@H](C(C)C)NC(=O)[C@@H](Cc3ccccc3)NC2=O)cc1. The number of nitrogens with one attached hydrogen (secondary N) is 7. The van der Waals surface area contributed by atoms with Crippen LogP contribution < -0.4 is 64.9 Å². The van der Waals surface area contributed by atoms with Gasteiger partial charge in [-0.1, -0.05) is 97.2 Å². The van der Waals surface area contributed by atoms with E-state index in [9.17, 15) is 47.9 Å². The molecule has 2 aromatic rings. The van der Waals surface area contributed by atoms with Gasteiger partial charge in [0.25, 0.3) is 0 Å². The molecular formula is C53H77N13O11S2. The van der Waals surface area contributed by atoms with Crippen molar-refractivity contribution in [3.05, 3.63) is 65.7 Å². The summed E-state index contributed by atoms with van der Waals surface area (Å²) in [7, 11) is 2.59. The number of rotatable bonds is 19. The lowest BCUT2D eigenvalue weighted by atomic mass is 9.85. The number of carbonyl (C=O) groups is 10. The van der Waals surface area contributed by atoms with E-state index < -0.39 is 125 Å². The highest BCUT2D eigenvalue weighted by molar-refractivity contribution is 8.77. The van der Waals surface area contributed by atoms with Crippen molar-refractivity contribution in [2.75, 3.05) is 32.0 Å². The van der Waals surface area contributed by atoms with Gasteiger partial charge in [-0.05, 0) is 74.6 Å². The fraction of sp³-hybridized carbons (Fsp3) is 0.566. The molecule has 1 aliphatic carbocycles. The molecule has 24 nitrogen and oxygen atoms in total. The quantitative estimate of drug-likeness (QED) is 0.0364. The summed E-state index contributed by atoms with van der Waals surface area (Å²) in [5.74, 6) is -7.88. The topological polar surface area (TPSA) is 384 Å². The van der Waals surface area contributed by atoms with Crippen LogP contribution in [0.5, 0.6) is 5.75 Å². The van der Waals surface area contributed by atoms with Crippen molar-refractivity contribution in [2.45, 2.75) is 151 Å². The Morgan fingerprint density at radius 2 is 1.41 bits per heavy atom. The Hall–Kier alpha value is -7.09. The summed E-state index contributed by atoms with van der Waals surface area (Å²) in [5.41, 5.74) is 23.2. The molecule has 432 valence electrons. The van der Waals surface area contributed by atoms with E-state index in [0.717, 1.165) is 19.3 Å². The van der Waals surface area contributed by atoms with E-state index in [1.165, 1.54) is 26.5 Å². The van der Waals surface area contributed by atoms with Crippen molar-refractivity contribution < 1.29 is 52.7 Å². The van der Waals surface area contributed by atoms with Crippen LogP contribution in [0.4, 0.5) is 0 Å². The third kappa shape index (κ3) is 20.0. The zero-order chi connectivity index (χ0) is 57.6. The largest absolute Gasteiger partial charge is 0.494 e. The van der Waals surface area contributed by atoms with Crippen LogP contribution in [0.15, 0.2) is 59.6 Å². The highest BCUT2D eigenvalue weighted by atomic mass is 33.1. The first-order chi connectivity index (χ1) is 37.7. The first-order valence-corrected chi connectivity index (χ1v) is 29.1. The molecule has 1 saturated carbocycles. The van der Waals surface area contributed by atoms with Gasteiger partial charge in [0.05, 0.1) is 19.6 Å². The molecule has 15 N–H and O–H groups in total. The summed E-state index contributed by atoms with van der Waals surface area (Å²) >= 11 is 0. The van der Waals surface area contributed by atoms with Crippen LogP contribution in [-0.4, -0.2) is 149 Å². The average Bonchev–Trinajstić information content (AvgIpc) is 3.91. The molecule has 26 heteroatoms. The zero-order valence-electron chi connectivity index (χ0n) is 45.1. The second kappa shape index (κ2) is 30.9. The fourth-order valence-electron chi connectivity index (χ4n) is 9.66. The van der Waals surface area contributed by atoms with E-state index in [0.29, 0.717) is 42.7 Å². The summed E-state index contributed by atoms with van der Waals surface area (Å²) in [6.45, 7) is 5.28. The van der Waals surface area contributed by atoms with Gasteiger partial charge in [-0.3, -0.25) is 52.9 Å². The predicted octanol–water partition coefficient (Wildman–Crippen LogP) is -0.555. The van der Waals surface area contributed by atoms with Crippen molar-refractivity contribution in [3.63, 3.8) is 0 Å². The third-order valence-electron chi connectivity index (χ3n) is 13.7. The first kappa shape index (κ1) is 62.7. The minimum Gasteiger partial charge on any atom is -0.494 e. The van der Waals surface area contributed by atoms with Crippen molar-refractivity contribution in [2.24, 2.45) is 33.8 Å². The van der Waals surface area contributed by atoms with Gasteiger partial charge >= 0.3 is 0 Å². The predicted molar refractivity (Wildman–Crippen MR) is 299 cm³/mol. The minimum atomic E-state index is -1.66. The molecule has 1 unspecified atom stereocenters.